The summed E-state index contributed by atoms with van der Waals surface area (Å²) in [5.41, 5.74) is 0. The Morgan fingerprint density at radius 3 is 0.986 bits per heavy atom. The Balaban J connectivity index is 4.52. The highest BCUT2D eigenvalue weighted by molar-refractivity contribution is 5.71. The largest absolute Gasteiger partial charge is 0.462 e. The van der Waals surface area contributed by atoms with Crippen molar-refractivity contribution in [1.82, 2.24) is 0 Å². The monoisotopic (exact) mass is 955 g/mol. The van der Waals surface area contributed by atoms with E-state index in [4.69, 9.17) is 14.2 Å². The minimum atomic E-state index is -0.813. The molecule has 0 aromatic heterocycles. The third-order valence-electron chi connectivity index (χ3n) is 11.5. The molecule has 6 nitrogen and oxygen atoms in total. The van der Waals surface area contributed by atoms with E-state index in [1.54, 1.807) is 0 Å². The van der Waals surface area contributed by atoms with E-state index < -0.39 is 6.10 Å². The Morgan fingerprint density at radius 2 is 0.609 bits per heavy atom. The maximum atomic E-state index is 12.8. The molecule has 390 valence electrons. The fourth-order valence-electron chi connectivity index (χ4n) is 7.30. The fraction of sp³-hybridized carbons (Fsp3) is 0.635. The van der Waals surface area contributed by atoms with Crippen LogP contribution in [0.15, 0.2) is 122 Å². The molecule has 0 aliphatic rings. The maximum absolute atomic E-state index is 12.8. The van der Waals surface area contributed by atoms with Crippen molar-refractivity contribution >= 4 is 17.9 Å². The predicted octanol–water partition coefficient (Wildman–Crippen LogP) is 18.9. The van der Waals surface area contributed by atoms with E-state index in [0.717, 1.165) is 148 Å². The molecule has 1 atom stereocenters. The van der Waals surface area contributed by atoms with Gasteiger partial charge in [-0.2, -0.15) is 0 Å². The molecule has 0 rings (SSSR count). The third-order valence-corrected chi connectivity index (χ3v) is 11.5. The molecular formula is C63H102O6. The SMILES string of the molecule is CC/C=C\C/C=C\C/C=C\C/C=C\C/C=C\CCCCCC(=O)OCC(COC(=O)CCCCCC/C=C\C/C=C\C/C=C\CC)OC(=O)CCCCCCC/C=C\C=C/CCCCCCCCC. The van der Waals surface area contributed by atoms with Crippen molar-refractivity contribution in [3.05, 3.63) is 122 Å². The van der Waals surface area contributed by atoms with Crippen LogP contribution in [0.1, 0.15) is 239 Å². The molecule has 6 heteroatoms. The standard InChI is InChI=1S/C63H102O6/c1-4-7-10-13-16-19-22-25-28-30-32-34-35-38-41-44-47-50-53-56-62(65)68-59-60(58-67-61(64)55-52-49-46-43-40-37-27-24-21-18-15-12-9-6-3)69-63(66)57-54-51-48-45-42-39-36-33-31-29-26-23-20-17-14-11-8-5-2/h7,9-10,12,16,18-19,21,25,27-29,31-34,36-38,41,60H,4-6,8,11,13-15,17,20,22-24,26,30,35,39-40,42-59H2,1-3H3/b10-7-,12-9-,19-16-,21-18-,28-25-,31-29-,34-32-,36-33-,37-27-,41-38-. The van der Waals surface area contributed by atoms with Gasteiger partial charge in [-0.1, -0.05) is 219 Å². The molecule has 0 fully saturated rings. The number of hydrogen-bond donors (Lipinski definition) is 0. The second kappa shape index (κ2) is 56.4. The molecule has 0 saturated carbocycles. The van der Waals surface area contributed by atoms with Gasteiger partial charge in [-0.15, -0.1) is 0 Å². The molecule has 0 saturated heterocycles. The summed E-state index contributed by atoms with van der Waals surface area (Å²) in [6.07, 6.45) is 77.6. The van der Waals surface area contributed by atoms with Crippen LogP contribution in [0.3, 0.4) is 0 Å². The van der Waals surface area contributed by atoms with Gasteiger partial charge in [-0.25, -0.2) is 0 Å². The van der Waals surface area contributed by atoms with E-state index in [0.29, 0.717) is 19.3 Å². The number of hydrogen-bond acceptors (Lipinski definition) is 6. The summed E-state index contributed by atoms with van der Waals surface area (Å²) >= 11 is 0. The highest BCUT2D eigenvalue weighted by atomic mass is 16.6. The number of esters is 3. The Kier molecular flexibility index (Phi) is 53.0. The molecule has 0 heterocycles. The van der Waals surface area contributed by atoms with E-state index in [-0.39, 0.29) is 31.1 Å². The first kappa shape index (κ1) is 64.8. The zero-order valence-corrected chi connectivity index (χ0v) is 44.5. The summed E-state index contributed by atoms with van der Waals surface area (Å²) in [6, 6.07) is 0. The van der Waals surface area contributed by atoms with Crippen molar-refractivity contribution in [1.29, 1.82) is 0 Å². The van der Waals surface area contributed by atoms with Crippen LogP contribution in [-0.2, 0) is 28.6 Å². The molecule has 0 aliphatic heterocycles. The highest BCUT2D eigenvalue weighted by Gasteiger charge is 2.19. The molecular weight excluding hydrogens is 853 g/mol. The lowest BCUT2D eigenvalue weighted by atomic mass is 10.1. The molecule has 0 aromatic carbocycles. The zero-order chi connectivity index (χ0) is 50.0. The number of unbranched alkanes of at least 4 members (excludes halogenated alkanes) is 19. The molecule has 0 N–H and O–H groups in total. The number of carbonyl (C=O) groups is 3. The Labute approximate surface area is 424 Å². The first-order chi connectivity index (χ1) is 34.0. The van der Waals surface area contributed by atoms with Crippen molar-refractivity contribution < 1.29 is 28.6 Å². The highest BCUT2D eigenvalue weighted by Crippen LogP contribution is 2.13. The van der Waals surface area contributed by atoms with E-state index in [9.17, 15) is 14.4 Å². The third kappa shape index (κ3) is 54.6. The molecule has 0 spiro atoms. The summed E-state index contributed by atoms with van der Waals surface area (Å²) in [6.45, 7) is 6.34. The van der Waals surface area contributed by atoms with Gasteiger partial charge in [-0.3, -0.25) is 14.4 Å². The molecule has 0 amide bonds. The van der Waals surface area contributed by atoms with E-state index >= 15 is 0 Å². The van der Waals surface area contributed by atoms with Gasteiger partial charge < -0.3 is 14.2 Å². The van der Waals surface area contributed by atoms with Crippen LogP contribution >= 0.6 is 0 Å². The Hall–Kier alpha value is -4.19. The van der Waals surface area contributed by atoms with Crippen LogP contribution in [0.5, 0.6) is 0 Å². The summed E-state index contributed by atoms with van der Waals surface area (Å²) in [5.74, 6) is -0.981. The van der Waals surface area contributed by atoms with Gasteiger partial charge in [0.05, 0.1) is 0 Å². The predicted molar refractivity (Wildman–Crippen MR) is 297 cm³/mol. The van der Waals surface area contributed by atoms with Crippen LogP contribution < -0.4 is 0 Å². The lowest BCUT2D eigenvalue weighted by Crippen LogP contribution is -2.30. The normalized spacial score (nSPS) is 13.0. The second-order valence-corrected chi connectivity index (χ2v) is 18.1. The first-order valence-electron chi connectivity index (χ1n) is 28.1. The summed E-state index contributed by atoms with van der Waals surface area (Å²) in [5, 5.41) is 0. The zero-order valence-electron chi connectivity index (χ0n) is 44.5. The maximum Gasteiger partial charge on any atom is 0.306 e. The van der Waals surface area contributed by atoms with Crippen LogP contribution in [-0.4, -0.2) is 37.2 Å². The van der Waals surface area contributed by atoms with Crippen molar-refractivity contribution in [3.8, 4) is 0 Å². The fourth-order valence-corrected chi connectivity index (χ4v) is 7.30. The number of ether oxygens (including phenoxy) is 3. The molecule has 69 heavy (non-hydrogen) atoms. The second-order valence-electron chi connectivity index (χ2n) is 18.1. The quantitative estimate of drug-likeness (QED) is 0.0199. The number of carbonyl (C=O) groups excluding carboxylic acids is 3. The average Bonchev–Trinajstić information content (AvgIpc) is 3.35. The van der Waals surface area contributed by atoms with Gasteiger partial charge >= 0.3 is 17.9 Å². The van der Waals surface area contributed by atoms with Gasteiger partial charge in [0, 0.05) is 19.3 Å². The molecule has 1 unspecified atom stereocenters. The lowest BCUT2D eigenvalue weighted by molar-refractivity contribution is -0.167. The molecule has 0 aromatic rings. The van der Waals surface area contributed by atoms with Crippen LogP contribution in [0.4, 0.5) is 0 Å². The van der Waals surface area contributed by atoms with Gasteiger partial charge in [0.15, 0.2) is 6.10 Å². The molecule has 0 aliphatic carbocycles. The van der Waals surface area contributed by atoms with Gasteiger partial charge in [0.25, 0.3) is 0 Å². The minimum Gasteiger partial charge on any atom is -0.462 e. The van der Waals surface area contributed by atoms with Crippen molar-refractivity contribution in [2.75, 3.05) is 13.2 Å². The molecule has 0 radical (unpaired) electrons. The van der Waals surface area contributed by atoms with E-state index in [1.807, 2.05) is 0 Å². The van der Waals surface area contributed by atoms with Gasteiger partial charge in [0.1, 0.15) is 13.2 Å². The minimum absolute atomic E-state index is 0.110. The van der Waals surface area contributed by atoms with Crippen LogP contribution in [0.25, 0.3) is 0 Å². The molecule has 0 bridgehead atoms. The van der Waals surface area contributed by atoms with Gasteiger partial charge in [0.2, 0.25) is 0 Å². The average molecular weight is 956 g/mol. The lowest BCUT2D eigenvalue weighted by Gasteiger charge is -2.18. The number of allylic oxidation sites excluding steroid dienone is 20. The first-order valence-corrected chi connectivity index (χ1v) is 28.1. The van der Waals surface area contributed by atoms with Crippen molar-refractivity contribution in [2.45, 2.75) is 245 Å². The smallest absolute Gasteiger partial charge is 0.306 e. The van der Waals surface area contributed by atoms with Crippen LogP contribution in [0.2, 0.25) is 0 Å². The van der Waals surface area contributed by atoms with E-state index in [1.165, 1.54) is 51.4 Å². The Morgan fingerprint density at radius 1 is 0.319 bits per heavy atom. The summed E-state index contributed by atoms with van der Waals surface area (Å²) in [7, 11) is 0. The van der Waals surface area contributed by atoms with Crippen LogP contribution in [0, 0.1) is 0 Å². The topological polar surface area (TPSA) is 78.9 Å². The van der Waals surface area contributed by atoms with E-state index in [2.05, 4.69) is 142 Å². The van der Waals surface area contributed by atoms with Crippen molar-refractivity contribution in [2.24, 2.45) is 0 Å². The number of rotatable bonds is 49. The Bertz CT molecular complexity index is 1470. The summed E-state index contributed by atoms with van der Waals surface area (Å²) in [4.78, 5) is 38.1. The summed E-state index contributed by atoms with van der Waals surface area (Å²) < 4.78 is 16.8. The van der Waals surface area contributed by atoms with Gasteiger partial charge in [-0.05, 0) is 122 Å². The van der Waals surface area contributed by atoms with Crippen molar-refractivity contribution in [3.63, 3.8) is 0 Å².